The van der Waals surface area contributed by atoms with Gasteiger partial charge in [0, 0.05) is 27.6 Å². The van der Waals surface area contributed by atoms with E-state index < -0.39 is 6.67 Å². The van der Waals surface area contributed by atoms with Crippen molar-refractivity contribution in [3.63, 3.8) is 0 Å². The largest absolute Gasteiger partial charge is 0.382 e. The number of nitrogens with zero attached hydrogens (tertiary/aromatic N) is 1. The van der Waals surface area contributed by atoms with Gasteiger partial charge in [0.05, 0.1) is 5.69 Å². The fourth-order valence-electron chi connectivity index (χ4n) is 2.19. The molecule has 2 aromatic rings. The third-order valence-electron chi connectivity index (χ3n) is 3.29. The molecule has 0 atom stereocenters. The highest BCUT2D eigenvalue weighted by Gasteiger charge is 2.16. The highest BCUT2D eigenvalue weighted by molar-refractivity contribution is 7.99. The number of aliphatic imine (C=N–C) groups is 1. The lowest BCUT2D eigenvalue weighted by molar-refractivity contribution is 0.489. The Morgan fingerprint density at radius 3 is 2.86 bits per heavy atom. The molecule has 0 saturated carbocycles. The molecule has 1 aliphatic rings. The number of nitrogens with one attached hydrogen (secondary N) is 1. The number of fused-ring (bicyclic) bond motifs is 2. The molecule has 0 aromatic heterocycles. The van der Waals surface area contributed by atoms with E-state index in [2.05, 4.69) is 16.9 Å². The van der Waals surface area contributed by atoms with E-state index in [1.807, 2.05) is 42.5 Å². The van der Waals surface area contributed by atoms with Gasteiger partial charge in [0.15, 0.2) is 0 Å². The lowest BCUT2D eigenvalue weighted by Gasteiger charge is -2.10. The number of alkyl halides is 1. The Kier molecular flexibility index (Phi) is 4.50. The summed E-state index contributed by atoms with van der Waals surface area (Å²) in [5, 5.41) is 3.42. The topological polar surface area (TPSA) is 24.4 Å². The molecule has 112 valence electrons. The van der Waals surface area contributed by atoms with Crippen LogP contribution in [0.2, 0.25) is 0 Å². The minimum atomic E-state index is -0.431. The first-order valence-corrected chi connectivity index (χ1v) is 8.03. The first kappa shape index (κ1) is 15.1. The maximum absolute atomic E-state index is 12.3. The number of hydrogen-bond acceptors (Lipinski definition) is 3. The average molecular weight is 333 g/mol. The molecule has 5 heteroatoms. The van der Waals surface area contributed by atoms with Gasteiger partial charge in [-0.05, 0) is 23.8 Å². The Morgan fingerprint density at radius 2 is 2.05 bits per heavy atom. The van der Waals surface area contributed by atoms with Crippen LogP contribution in [0.4, 0.5) is 10.1 Å². The van der Waals surface area contributed by atoms with Gasteiger partial charge in [0.25, 0.3) is 0 Å². The Balaban J connectivity index is 1.98. The predicted octanol–water partition coefficient (Wildman–Crippen LogP) is 5.00. The molecule has 0 amide bonds. The molecule has 1 heterocycles. The highest BCUT2D eigenvalue weighted by Crippen LogP contribution is 2.41. The third-order valence-corrected chi connectivity index (χ3v) is 4.72. The number of benzene rings is 2. The van der Waals surface area contributed by atoms with Crippen molar-refractivity contribution >= 4 is 39.9 Å². The maximum atomic E-state index is 12.3. The van der Waals surface area contributed by atoms with E-state index in [-0.39, 0.29) is 6.54 Å². The molecule has 0 spiro atoms. The van der Waals surface area contributed by atoms with Crippen LogP contribution >= 0.6 is 23.4 Å². The molecule has 0 aliphatic carbocycles. The van der Waals surface area contributed by atoms with Crippen molar-refractivity contribution in [1.82, 2.24) is 5.32 Å². The summed E-state index contributed by atoms with van der Waals surface area (Å²) < 4.78 is 12.3. The van der Waals surface area contributed by atoms with E-state index in [4.69, 9.17) is 11.6 Å². The van der Waals surface area contributed by atoms with Crippen LogP contribution in [0.3, 0.4) is 0 Å². The van der Waals surface area contributed by atoms with Crippen LogP contribution in [0.1, 0.15) is 11.1 Å². The van der Waals surface area contributed by atoms with E-state index in [0.717, 1.165) is 26.6 Å². The number of hydrogen-bond donors (Lipinski definition) is 1. The van der Waals surface area contributed by atoms with Crippen molar-refractivity contribution < 1.29 is 4.39 Å². The minimum absolute atomic E-state index is 0.250. The Labute approximate surface area is 138 Å². The fraction of sp³-hybridized carbons (Fsp3) is 0.118. The van der Waals surface area contributed by atoms with Crippen molar-refractivity contribution in [3.8, 4) is 0 Å². The zero-order chi connectivity index (χ0) is 15.5. The lowest BCUT2D eigenvalue weighted by atomic mass is 10.1. The molecule has 2 aromatic carbocycles. The third kappa shape index (κ3) is 3.03. The van der Waals surface area contributed by atoms with E-state index in [9.17, 15) is 4.39 Å². The van der Waals surface area contributed by atoms with E-state index in [1.165, 1.54) is 0 Å². The van der Waals surface area contributed by atoms with Crippen molar-refractivity contribution in [3.05, 3.63) is 60.2 Å². The molecule has 0 saturated heterocycles. The van der Waals surface area contributed by atoms with Gasteiger partial charge >= 0.3 is 0 Å². The summed E-state index contributed by atoms with van der Waals surface area (Å²) in [7, 11) is 0. The van der Waals surface area contributed by atoms with E-state index in [1.54, 1.807) is 11.8 Å². The van der Waals surface area contributed by atoms with Crippen LogP contribution < -0.4 is 5.32 Å². The summed E-state index contributed by atoms with van der Waals surface area (Å²) in [5.41, 5.74) is 3.29. The fourth-order valence-corrected chi connectivity index (χ4v) is 3.50. The predicted molar refractivity (Wildman–Crippen MR) is 92.1 cm³/mol. The number of rotatable bonds is 4. The van der Waals surface area contributed by atoms with E-state index >= 15 is 0 Å². The van der Waals surface area contributed by atoms with Gasteiger partial charge in [-0.25, -0.2) is 9.38 Å². The normalized spacial score (nSPS) is 12.7. The molecule has 0 fully saturated rings. The summed E-state index contributed by atoms with van der Waals surface area (Å²) >= 11 is 7.98. The van der Waals surface area contributed by atoms with Crippen LogP contribution in [0.5, 0.6) is 0 Å². The van der Waals surface area contributed by atoms with Gasteiger partial charge < -0.3 is 5.32 Å². The van der Waals surface area contributed by atoms with Gasteiger partial charge in [0.2, 0.25) is 0 Å². The van der Waals surface area contributed by atoms with Crippen LogP contribution in [-0.2, 0) is 0 Å². The molecule has 2 nitrogen and oxygen atoms in total. The second-order valence-corrected chi connectivity index (χ2v) is 6.22. The molecular formula is C17H14ClFN2S. The second-order valence-electron chi connectivity index (χ2n) is 4.78. The van der Waals surface area contributed by atoms with Gasteiger partial charge in [-0.1, -0.05) is 54.2 Å². The quantitative estimate of drug-likeness (QED) is 0.852. The standard InChI is InChI=1S/C17H14ClFN2S/c1-11(20-9-8-19)12-6-7-16-14(10-12)21-17(18)13-4-2-3-5-15(13)22-16/h2-7,10,20H,1,8-9H2. The first-order chi connectivity index (χ1) is 10.7. The van der Waals surface area contributed by atoms with Gasteiger partial charge in [-0.3, -0.25) is 0 Å². The molecule has 0 radical (unpaired) electrons. The Hall–Kier alpha value is -1.78. The molecule has 0 bridgehead atoms. The zero-order valence-electron chi connectivity index (χ0n) is 11.8. The van der Waals surface area contributed by atoms with Crippen molar-refractivity contribution in [2.75, 3.05) is 13.2 Å². The van der Waals surface area contributed by atoms with Gasteiger partial charge in [0.1, 0.15) is 11.8 Å². The molecular weight excluding hydrogens is 319 g/mol. The smallest absolute Gasteiger partial charge is 0.138 e. The molecule has 1 N–H and O–H groups in total. The summed E-state index contributed by atoms with van der Waals surface area (Å²) in [6, 6.07) is 13.8. The molecule has 22 heavy (non-hydrogen) atoms. The summed E-state index contributed by atoms with van der Waals surface area (Å²) in [6.45, 7) is 3.75. The summed E-state index contributed by atoms with van der Waals surface area (Å²) in [4.78, 5) is 6.64. The van der Waals surface area contributed by atoms with Crippen LogP contribution in [0.15, 0.2) is 63.8 Å². The van der Waals surface area contributed by atoms with Crippen LogP contribution in [-0.4, -0.2) is 18.4 Å². The number of halogens is 2. The van der Waals surface area contributed by atoms with Gasteiger partial charge in [-0.15, -0.1) is 0 Å². The van der Waals surface area contributed by atoms with E-state index in [0.29, 0.717) is 10.9 Å². The zero-order valence-corrected chi connectivity index (χ0v) is 13.3. The molecule has 1 aliphatic heterocycles. The highest BCUT2D eigenvalue weighted by atomic mass is 35.5. The average Bonchev–Trinajstić information content (AvgIpc) is 2.68. The van der Waals surface area contributed by atoms with Crippen LogP contribution in [0.25, 0.3) is 5.70 Å². The maximum Gasteiger partial charge on any atom is 0.138 e. The van der Waals surface area contributed by atoms with Crippen molar-refractivity contribution in [1.29, 1.82) is 0 Å². The summed E-state index contributed by atoms with van der Waals surface area (Å²) in [5.74, 6) is 0. The Bertz CT molecular complexity index is 758. The molecule has 3 rings (SSSR count). The Morgan fingerprint density at radius 1 is 1.23 bits per heavy atom. The summed E-state index contributed by atoms with van der Waals surface area (Å²) in [6.07, 6.45) is 0. The first-order valence-electron chi connectivity index (χ1n) is 6.83. The lowest BCUT2D eigenvalue weighted by Crippen LogP contribution is -2.14. The van der Waals surface area contributed by atoms with Crippen molar-refractivity contribution in [2.24, 2.45) is 4.99 Å². The van der Waals surface area contributed by atoms with Crippen LogP contribution in [0, 0.1) is 0 Å². The second kappa shape index (κ2) is 6.55. The van der Waals surface area contributed by atoms with Crippen molar-refractivity contribution in [2.45, 2.75) is 9.79 Å². The van der Waals surface area contributed by atoms with Gasteiger partial charge in [-0.2, -0.15) is 0 Å². The SMILES string of the molecule is C=C(NCCF)c1ccc2c(c1)N=C(Cl)c1ccccc1S2. The minimum Gasteiger partial charge on any atom is -0.382 e. The monoisotopic (exact) mass is 332 g/mol. The molecule has 0 unspecified atom stereocenters.